The van der Waals surface area contributed by atoms with Crippen molar-refractivity contribution >= 4 is 16.8 Å². The highest BCUT2D eigenvalue weighted by Crippen LogP contribution is 2.17. The second kappa shape index (κ2) is 5.84. The van der Waals surface area contributed by atoms with E-state index in [0.29, 0.717) is 12.1 Å². The van der Waals surface area contributed by atoms with Crippen LogP contribution in [0.1, 0.15) is 35.8 Å². The predicted molar refractivity (Wildman–Crippen MR) is 74.1 cm³/mol. The Labute approximate surface area is 112 Å². The van der Waals surface area contributed by atoms with Crippen molar-refractivity contribution in [3.63, 3.8) is 0 Å². The van der Waals surface area contributed by atoms with Crippen LogP contribution < -0.4 is 5.32 Å². The Bertz CT molecular complexity index is 577. The van der Waals surface area contributed by atoms with E-state index in [1.54, 1.807) is 0 Å². The van der Waals surface area contributed by atoms with Gasteiger partial charge in [-0.1, -0.05) is 18.6 Å². The molecule has 5 heteroatoms. The molecule has 3 N–H and O–H groups in total. The zero-order valence-electron chi connectivity index (χ0n) is 11.2. The molecule has 19 heavy (non-hydrogen) atoms. The molecule has 0 aliphatic heterocycles. The summed E-state index contributed by atoms with van der Waals surface area (Å²) in [7, 11) is 0. The van der Waals surface area contributed by atoms with E-state index in [0.717, 1.165) is 22.9 Å². The Hall–Kier alpha value is -1.88. The zero-order chi connectivity index (χ0) is 13.8. The van der Waals surface area contributed by atoms with Crippen molar-refractivity contribution in [2.75, 3.05) is 6.61 Å². The summed E-state index contributed by atoms with van der Waals surface area (Å²) in [5.41, 5.74) is 2.35. The van der Waals surface area contributed by atoms with Gasteiger partial charge >= 0.3 is 0 Å². The van der Waals surface area contributed by atoms with Gasteiger partial charge in [0.25, 0.3) is 5.91 Å². The number of aliphatic hydroxyl groups is 1. The zero-order valence-corrected chi connectivity index (χ0v) is 11.2. The van der Waals surface area contributed by atoms with Crippen LogP contribution >= 0.6 is 0 Å². The van der Waals surface area contributed by atoms with Gasteiger partial charge in [-0.3, -0.25) is 9.89 Å². The number of aryl methyl sites for hydroxylation is 1. The van der Waals surface area contributed by atoms with E-state index in [9.17, 15) is 4.79 Å². The summed E-state index contributed by atoms with van der Waals surface area (Å²) in [6, 6.07) is 5.82. The minimum Gasteiger partial charge on any atom is -0.396 e. The molecule has 1 unspecified atom stereocenters. The first-order valence-electron chi connectivity index (χ1n) is 6.52. The molecule has 0 radical (unpaired) electrons. The first kappa shape index (κ1) is 13.5. The number of aromatic nitrogens is 2. The van der Waals surface area contributed by atoms with Crippen LogP contribution in [0.5, 0.6) is 0 Å². The molecule has 0 bridgehead atoms. The number of hydrogen-bond acceptors (Lipinski definition) is 3. The Morgan fingerprint density at radius 3 is 3.00 bits per heavy atom. The Morgan fingerprint density at radius 1 is 1.53 bits per heavy atom. The number of fused-ring (bicyclic) bond motifs is 1. The summed E-state index contributed by atoms with van der Waals surface area (Å²) in [5.74, 6) is -0.197. The number of hydrogen-bond donors (Lipinski definition) is 3. The fourth-order valence-corrected chi connectivity index (χ4v) is 2.09. The molecule has 1 atom stereocenters. The van der Waals surface area contributed by atoms with Crippen LogP contribution in [0.15, 0.2) is 18.2 Å². The van der Waals surface area contributed by atoms with Gasteiger partial charge in [-0.25, -0.2) is 0 Å². The fourth-order valence-electron chi connectivity index (χ4n) is 2.09. The first-order valence-corrected chi connectivity index (χ1v) is 6.52. The number of nitrogens with one attached hydrogen (secondary N) is 2. The van der Waals surface area contributed by atoms with Crippen molar-refractivity contribution in [1.29, 1.82) is 0 Å². The van der Waals surface area contributed by atoms with Gasteiger partial charge in [0.1, 0.15) is 0 Å². The van der Waals surface area contributed by atoms with E-state index in [4.69, 9.17) is 5.11 Å². The maximum atomic E-state index is 12.2. The van der Waals surface area contributed by atoms with Gasteiger partial charge in [0.05, 0.1) is 5.52 Å². The van der Waals surface area contributed by atoms with Crippen LogP contribution in [-0.2, 0) is 0 Å². The van der Waals surface area contributed by atoms with Crippen molar-refractivity contribution in [1.82, 2.24) is 15.5 Å². The SMILES string of the molecule is CCC(CCO)NC(=O)c1n[nH]c2ccc(C)cc12. The Kier molecular flexibility index (Phi) is 4.16. The van der Waals surface area contributed by atoms with Gasteiger partial charge < -0.3 is 10.4 Å². The van der Waals surface area contributed by atoms with E-state index in [1.165, 1.54) is 0 Å². The lowest BCUT2D eigenvalue weighted by Crippen LogP contribution is -2.35. The van der Waals surface area contributed by atoms with Crippen LogP contribution in [0.3, 0.4) is 0 Å². The molecule has 5 nitrogen and oxygen atoms in total. The summed E-state index contributed by atoms with van der Waals surface area (Å²) < 4.78 is 0. The number of amides is 1. The second-order valence-electron chi connectivity index (χ2n) is 4.71. The highest BCUT2D eigenvalue weighted by atomic mass is 16.3. The van der Waals surface area contributed by atoms with Crippen molar-refractivity contribution < 1.29 is 9.90 Å². The average Bonchev–Trinajstić information content (AvgIpc) is 2.81. The molecule has 0 saturated heterocycles. The number of H-pyrrole nitrogens is 1. The van der Waals surface area contributed by atoms with E-state index in [1.807, 2.05) is 32.0 Å². The average molecular weight is 261 g/mol. The smallest absolute Gasteiger partial charge is 0.272 e. The summed E-state index contributed by atoms with van der Waals surface area (Å²) in [4.78, 5) is 12.2. The van der Waals surface area contributed by atoms with Gasteiger partial charge in [-0.05, 0) is 31.9 Å². The summed E-state index contributed by atoms with van der Waals surface area (Å²) >= 11 is 0. The first-order chi connectivity index (χ1) is 9.15. The topological polar surface area (TPSA) is 78.0 Å². The number of aromatic amines is 1. The maximum Gasteiger partial charge on any atom is 0.272 e. The minimum atomic E-state index is -0.197. The van der Waals surface area contributed by atoms with Crippen molar-refractivity contribution in [2.45, 2.75) is 32.7 Å². The molecule has 0 spiro atoms. The molecule has 1 aromatic heterocycles. The Morgan fingerprint density at radius 2 is 2.32 bits per heavy atom. The third-order valence-corrected chi connectivity index (χ3v) is 3.24. The number of benzene rings is 1. The molecule has 0 aliphatic carbocycles. The monoisotopic (exact) mass is 261 g/mol. The molecule has 0 aliphatic rings. The molecule has 1 amide bonds. The molecular weight excluding hydrogens is 242 g/mol. The highest BCUT2D eigenvalue weighted by molar-refractivity contribution is 6.04. The standard InChI is InChI=1S/C14H19N3O2/c1-3-10(6-7-18)15-14(19)13-11-8-9(2)4-5-12(11)16-17-13/h4-5,8,10,18H,3,6-7H2,1-2H3,(H,15,19)(H,16,17). The lowest BCUT2D eigenvalue weighted by molar-refractivity contribution is 0.0925. The molecule has 0 saturated carbocycles. The molecular formula is C14H19N3O2. The largest absolute Gasteiger partial charge is 0.396 e. The summed E-state index contributed by atoms with van der Waals surface area (Å²) in [6.07, 6.45) is 1.34. The maximum absolute atomic E-state index is 12.2. The van der Waals surface area contributed by atoms with Crippen LogP contribution in [0, 0.1) is 6.92 Å². The van der Waals surface area contributed by atoms with Gasteiger partial charge in [0, 0.05) is 18.0 Å². The molecule has 0 fully saturated rings. The van der Waals surface area contributed by atoms with Gasteiger partial charge in [-0.2, -0.15) is 5.10 Å². The van der Waals surface area contributed by atoms with Crippen molar-refractivity contribution in [3.8, 4) is 0 Å². The Balaban J connectivity index is 2.23. The van der Waals surface area contributed by atoms with Crippen LogP contribution in [0.4, 0.5) is 0 Å². The molecule has 102 valence electrons. The van der Waals surface area contributed by atoms with Gasteiger partial charge in [0.15, 0.2) is 5.69 Å². The predicted octanol–water partition coefficient (Wildman–Crippen LogP) is 1.76. The highest BCUT2D eigenvalue weighted by Gasteiger charge is 2.17. The van der Waals surface area contributed by atoms with Crippen LogP contribution in [-0.4, -0.2) is 33.9 Å². The number of nitrogens with zero attached hydrogens (tertiary/aromatic N) is 1. The van der Waals surface area contributed by atoms with Gasteiger partial charge in [-0.15, -0.1) is 0 Å². The van der Waals surface area contributed by atoms with E-state index < -0.39 is 0 Å². The molecule has 1 aromatic carbocycles. The number of aliphatic hydroxyl groups excluding tert-OH is 1. The normalized spacial score (nSPS) is 12.6. The lowest BCUT2D eigenvalue weighted by atomic mass is 10.1. The quantitative estimate of drug-likeness (QED) is 0.767. The third kappa shape index (κ3) is 2.93. The number of rotatable bonds is 5. The summed E-state index contributed by atoms with van der Waals surface area (Å²) in [5, 5.41) is 19.6. The molecule has 2 rings (SSSR count). The third-order valence-electron chi connectivity index (χ3n) is 3.24. The second-order valence-corrected chi connectivity index (χ2v) is 4.71. The van der Waals surface area contributed by atoms with E-state index in [2.05, 4.69) is 15.5 Å². The van der Waals surface area contributed by atoms with E-state index in [-0.39, 0.29) is 18.6 Å². The van der Waals surface area contributed by atoms with E-state index >= 15 is 0 Å². The molecule has 2 aromatic rings. The van der Waals surface area contributed by atoms with Crippen LogP contribution in [0.2, 0.25) is 0 Å². The van der Waals surface area contributed by atoms with Gasteiger partial charge in [0.2, 0.25) is 0 Å². The minimum absolute atomic E-state index is 0.0194. The number of carbonyl (C=O) groups is 1. The van der Waals surface area contributed by atoms with Crippen LogP contribution in [0.25, 0.3) is 10.9 Å². The summed E-state index contributed by atoms with van der Waals surface area (Å²) in [6.45, 7) is 4.03. The lowest BCUT2D eigenvalue weighted by Gasteiger charge is -2.14. The fraction of sp³-hybridized carbons (Fsp3) is 0.429. The molecule has 1 heterocycles. The van der Waals surface area contributed by atoms with Crippen molar-refractivity contribution in [3.05, 3.63) is 29.5 Å². The van der Waals surface area contributed by atoms with Crippen molar-refractivity contribution in [2.24, 2.45) is 0 Å². The number of carbonyl (C=O) groups excluding carboxylic acids is 1.